The lowest BCUT2D eigenvalue weighted by atomic mass is 10.1. The first-order valence-corrected chi connectivity index (χ1v) is 5.11. The van der Waals surface area contributed by atoms with Crippen LogP contribution >= 0.6 is 0 Å². The number of rotatable bonds is 5. The summed E-state index contributed by atoms with van der Waals surface area (Å²) >= 11 is 0. The fourth-order valence-electron chi connectivity index (χ4n) is 1.26. The van der Waals surface area contributed by atoms with E-state index < -0.39 is 5.97 Å². The molecule has 16 heavy (non-hydrogen) atoms. The molecule has 0 saturated heterocycles. The van der Waals surface area contributed by atoms with Gasteiger partial charge in [0.25, 0.3) is 0 Å². The highest BCUT2D eigenvalue weighted by atomic mass is 16.4. The third-order valence-electron chi connectivity index (χ3n) is 2.11. The molecule has 3 heteroatoms. The van der Waals surface area contributed by atoms with Gasteiger partial charge in [0.1, 0.15) is 0 Å². The van der Waals surface area contributed by atoms with Crippen LogP contribution in [0.5, 0.6) is 0 Å². The van der Waals surface area contributed by atoms with Crippen molar-refractivity contribution < 1.29 is 9.90 Å². The number of carboxylic acids is 1. The van der Waals surface area contributed by atoms with Gasteiger partial charge in [-0.2, -0.15) is 5.26 Å². The van der Waals surface area contributed by atoms with Crippen LogP contribution in [0.2, 0.25) is 0 Å². The van der Waals surface area contributed by atoms with Crippen LogP contribution in [0.1, 0.15) is 30.4 Å². The molecule has 0 heterocycles. The van der Waals surface area contributed by atoms with Crippen LogP contribution in [0.25, 0.3) is 6.08 Å². The maximum atomic E-state index is 10.2. The summed E-state index contributed by atoms with van der Waals surface area (Å²) in [6.07, 6.45) is 5.50. The molecule has 0 aromatic heterocycles. The Hall–Kier alpha value is -2.08. The highest BCUT2D eigenvalue weighted by molar-refractivity contribution is 5.66. The predicted molar refractivity (Wildman–Crippen MR) is 61.7 cm³/mol. The molecule has 1 aromatic carbocycles. The van der Waals surface area contributed by atoms with Gasteiger partial charge in [0, 0.05) is 6.42 Å². The van der Waals surface area contributed by atoms with Crippen molar-refractivity contribution >= 4 is 12.0 Å². The second-order valence-corrected chi connectivity index (χ2v) is 3.42. The van der Waals surface area contributed by atoms with Gasteiger partial charge in [0.05, 0.1) is 11.6 Å². The molecule has 0 radical (unpaired) electrons. The van der Waals surface area contributed by atoms with E-state index in [1.807, 2.05) is 24.3 Å². The smallest absolute Gasteiger partial charge is 0.303 e. The normalized spacial score (nSPS) is 10.2. The number of unbranched alkanes of at least 4 members (excludes halogenated alkanes) is 1. The van der Waals surface area contributed by atoms with Crippen LogP contribution in [0.4, 0.5) is 0 Å². The van der Waals surface area contributed by atoms with Crippen LogP contribution in [0, 0.1) is 11.3 Å². The zero-order chi connectivity index (χ0) is 11.8. The van der Waals surface area contributed by atoms with E-state index in [1.165, 1.54) is 0 Å². The van der Waals surface area contributed by atoms with Crippen molar-refractivity contribution in [2.75, 3.05) is 0 Å². The largest absolute Gasteiger partial charge is 0.481 e. The molecule has 1 rings (SSSR count). The predicted octanol–water partition coefficient (Wildman–Crippen LogP) is 2.83. The van der Waals surface area contributed by atoms with E-state index in [1.54, 1.807) is 12.1 Å². The zero-order valence-corrected chi connectivity index (χ0v) is 8.89. The van der Waals surface area contributed by atoms with E-state index in [0.717, 1.165) is 12.0 Å². The summed E-state index contributed by atoms with van der Waals surface area (Å²) in [5, 5.41) is 17.0. The van der Waals surface area contributed by atoms with Gasteiger partial charge in [0.2, 0.25) is 0 Å². The standard InChI is InChI=1S/C13H13NO2/c14-10-12-8-6-11(7-9-12)4-2-1-3-5-13(15)16/h2,4,6-9H,1,3,5H2,(H,15,16). The molecule has 1 aromatic rings. The Bertz CT molecular complexity index is 413. The van der Waals surface area contributed by atoms with Crippen LogP contribution in [0.3, 0.4) is 0 Å². The Morgan fingerprint density at radius 2 is 2.06 bits per heavy atom. The average molecular weight is 215 g/mol. The second-order valence-electron chi connectivity index (χ2n) is 3.42. The highest BCUT2D eigenvalue weighted by Gasteiger charge is 1.93. The number of aliphatic carboxylic acids is 1. The van der Waals surface area contributed by atoms with Gasteiger partial charge in [-0.05, 0) is 30.5 Å². The molecule has 0 spiro atoms. The first kappa shape index (κ1) is 12.0. The molecule has 0 aliphatic heterocycles. The zero-order valence-electron chi connectivity index (χ0n) is 8.89. The van der Waals surface area contributed by atoms with Crippen LogP contribution in [-0.2, 0) is 4.79 Å². The van der Waals surface area contributed by atoms with E-state index in [4.69, 9.17) is 10.4 Å². The topological polar surface area (TPSA) is 61.1 Å². The monoisotopic (exact) mass is 215 g/mol. The molecular formula is C13H13NO2. The maximum Gasteiger partial charge on any atom is 0.303 e. The number of carbonyl (C=O) groups is 1. The minimum Gasteiger partial charge on any atom is -0.481 e. The summed E-state index contributed by atoms with van der Waals surface area (Å²) in [5.74, 6) is -0.758. The molecule has 0 aliphatic rings. The van der Waals surface area contributed by atoms with Crippen molar-refractivity contribution in [3.63, 3.8) is 0 Å². The molecule has 0 bridgehead atoms. The van der Waals surface area contributed by atoms with Crippen molar-refractivity contribution in [1.29, 1.82) is 5.26 Å². The minimum atomic E-state index is -0.758. The average Bonchev–Trinajstić information content (AvgIpc) is 2.29. The molecule has 0 fully saturated rings. The molecule has 82 valence electrons. The van der Waals surface area contributed by atoms with Gasteiger partial charge in [-0.15, -0.1) is 0 Å². The summed E-state index contributed by atoms with van der Waals surface area (Å²) < 4.78 is 0. The van der Waals surface area contributed by atoms with E-state index in [0.29, 0.717) is 12.0 Å². The lowest BCUT2D eigenvalue weighted by Gasteiger charge is -1.94. The third kappa shape index (κ3) is 4.43. The number of nitriles is 1. The molecule has 0 atom stereocenters. The molecule has 0 unspecified atom stereocenters. The summed E-state index contributed by atoms with van der Waals surface area (Å²) in [4.78, 5) is 10.2. The lowest BCUT2D eigenvalue weighted by molar-refractivity contribution is -0.137. The minimum absolute atomic E-state index is 0.206. The van der Waals surface area contributed by atoms with E-state index >= 15 is 0 Å². The fourth-order valence-corrected chi connectivity index (χ4v) is 1.26. The van der Waals surface area contributed by atoms with Crippen molar-refractivity contribution in [3.05, 3.63) is 41.5 Å². The molecular weight excluding hydrogens is 202 g/mol. The first-order chi connectivity index (χ1) is 7.72. The lowest BCUT2D eigenvalue weighted by Crippen LogP contribution is -1.92. The van der Waals surface area contributed by atoms with Gasteiger partial charge in [-0.1, -0.05) is 24.3 Å². The van der Waals surface area contributed by atoms with Crippen LogP contribution in [-0.4, -0.2) is 11.1 Å². The first-order valence-electron chi connectivity index (χ1n) is 5.11. The van der Waals surface area contributed by atoms with Gasteiger partial charge < -0.3 is 5.11 Å². The van der Waals surface area contributed by atoms with Crippen molar-refractivity contribution in [2.24, 2.45) is 0 Å². The number of allylic oxidation sites excluding steroid dienone is 1. The van der Waals surface area contributed by atoms with Gasteiger partial charge >= 0.3 is 5.97 Å². The number of hydrogen-bond acceptors (Lipinski definition) is 2. The Morgan fingerprint density at radius 3 is 2.62 bits per heavy atom. The Kier molecular flexibility index (Phi) is 4.81. The Morgan fingerprint density at radius 1 is 1.38 bits per heavy atom. The molecule has 3 nitrogen and oxygen atoms in total. The molecule has 0 amide bonds. The second kappa shape index (κ2) is 6.41. The summed E-state index contributed by atoms with van der Waals surface area (Å²) in [6.45, 7) is 0. The Balaban J connectivity index is 2.38. The quantitative estimate of drug-likeness (QED) is 0.768. The van der Waals surface area contributed by atoms with E-state index in [-0.39, 0.29) is 6.42 Å². The van der Waals surface area contributed by atoms with Gasteiger partial charge in [-0.25, -0.2) is 0 Å². The SMILES string of the molecule is N#Cc1ccc(C=CCCCC(=O)O)cc1. The summed E-state index contributed by atoms with van der Waals surface area (Å²) in [7, 11) is 0. The van der Waals surface area contributed by atoms with E-state index in [9.17, 15) is 4.79 Å². The maximum absolute atomic E-state index is 10.2. The molecule has 0 saturated carbocycles. The molecule has 1 N–H and O–H groups in total. The number of nitrogens with zero attached hydrogens (tertiary/aromatic N) is 1. The van der Waals surface area contributed by atoms with Crippen molar-refractivity contribution in [1.82, 2.24) is 0 Å². The highest BCUT2D eigenvalue weighted by Crippen LogP contribution is 2.06. The van der Waals surface area contributed by atoms with Crippen LogP contribution < -0.4 is 0 Å². The van der Waals surface area contributed by atoms with Gasteiger partial charge in [-0.3, -0.25) is 4.79 Å². The number of hydrogen-bond donors (Lipinski definition) is 1. The number of carboxylic acid groups (broad SMARTS) is 1. The number of benzene rings is 1. The summed E-state index contributed by atoms with van der Waals surface area (Å²) in [6, 6.07) is 9.31. The van der Waals surface area contributed by atoms with Crippen LogP contribution in [0.15, 0.2) is 30.3 Å². The Labute approximate surface area is 94.6 Å². The fraction of sp³-hybridized carbons (Fsp3) is 0.231. The van der Waals surface area contributed by atoms with Crippen molar-refractivity contribution in [2.45, 2.75) is 19.3 Å². The molecule has 0 aliphatic carbocycles. The van der Waals surface area contributed by atoms with E-state index in [2.05, 4.69) is 6.07 Å². The van der Waals surface area contributed by atoms with Crippen molar-refractivity contribution in [3.8, 4) is 6.07 Å². The summed E-state index contributed by atoms with van der Waals surface area (Å²) in [5.41, 5.74) is 1.66. The van der Waals surface area contributed by atoms with Gasteiger partial charge in [0.15, 0.2) is 0 Å². The third-order valence-corrected chi connectivity index (χ3v) is 2.11.